The summed E-state index contributed by atoms with van der Waals surface area (Å²) in [6.45, 7) is 7.40. The lowest BCUT2D eigenvalue weighted by Crippen LogP contribution is -2.30. The number of thiazole rings is 1. The summed E-state index contributed by atoms with van der Waals surface area (Å²) >= 11 is 1.18. The van der Waals surface area contributed by atoms with Crippen molar-refractivity contribution in [2.45, 2.75) is 39.5 Å². The third-order valence-electron chi connectivity index (χ3n) is 5.39. The van der Waals surface area contributed by atoms with Gasteiger partial charge in [0, 0.05) is 18.3 Å². The van der Waals surface area contributed by atoms with Crippen molar-refractivity contribution in [3.8, 4) is 21.8 Å². The van der Waals surface area contributed by atoms with Crippen LogP contribution in [0.4, 0.5) is 16.0 Å². The van der Waals surface area contributed by atoms with E-state index in [1.54, 1.807) is 26.1 Å². The minimum Gasteiger partial charge on any atom is -0.395 e. The Morgan fingerprint density at radius 3 is 2.53 bits per heavy atom. The number of anilines is 2. The van der Waals surface area contributed by atoms with Crippen LogP contribution in [0.25, 0.3) is 21.8 Å². The van der Waals surface area contributed by atoms with Crippen molar-refractivity contribution in [3.63, 3.8) is 0 Å². The zero-order valence-corrected chi connectivity index (χ0v) is 22.4. The van der Waals surface area contributed by atoms with Gasteiger partial charge in [0.25, 0.3) is 0 Å². The Morgan fingerprint density at radius 1 is 1.17 bits per heavy atom. The van der Waals surface area contributed by atoms with Crippen LogP contribution in [0.3, 0.4) is 0 Å². The van der Waals surface area contributed by atoms with Crippen LogP contribution in [0.2, 0.25) is 0 Å². The van der Waals surface area contributed by atoms with E-state index in [9.17, 15) is 18.6 Å². The Labute approximate surface area is 214 Å². The SMILES string of the molecule is CCCS(=O)(=O)Nc1cccc(-c2nc(C(C)(CO)CO)sc2-c2ccnc(NCC(C)C)n2)c1F. The number of sulfonamides is 1. The van der Waals surface area contributed by atoms with E-state index in [2.05, 4.69) is 38.8 Å². The second-order valence-corrected chi connectivity index (χ2v) is 12.0. The van der Waals surface area contributed by atoms with Crippen LogP contribution < -0.4 is 10.0 Å². The average Bonchev–Trinajstić information content (AvgIpc) is 3.29. The van der Waals surface area contributed by atoms with Gasteiger partial charge >= 0.3 is 0 Å². The number of aliphatic hydroxyl groups is 2. The molecule has 0 atom stereocenters. The molecule has 0 radical (unpaired) electrons. The van der Waals surface area contributed by atoms with Crippen LogP contribution in [0.15, 0.2) is 30.5 Å². The molecule has 0 spiro atoms. The highest BCUT2D eigenvalue weighted by atomic mass is 32.2. The number of benzene rings is 1. The topological polar surface area (TPSA) is 137 Å². The fourth-order valence-electron chi connectivity index (χ4n) is 3.27. The van der Waals surface area contributed by atoms with E-state index in [4.69, 9.17) is 0 Å². The van der Waals surface area contributed by atoms with Crippen molar-refractivity contribution in [1.29, 1.82) is 0 Å². The normalized spacial score (nSPS) is 12.2. The lowest BCUT2D eigenvalue weighted by molar-refractivity contribution is 0.129. The molecule has 0 fully saturated rings. The average molecular weight is 538 g/mol. The largest absolute Gasteiger partial charge is 0.395 e. The fraction of sp³-hybridized carbons (Fsp3) is 0.458. The van der Waals surface area contributed by atoms with Gasteiger partial charge in [-0.05, 0) is 37.5 Å². The van der Waals surface area contributed by atoms with Gasteiger partial charge in [-0.2, -0.15) is 0 Å². The van der Waals surface area contributed by atoms with E-state index >= 15 is 4.39 Å². The predicted molar refractivity (Wildman–Crippen MR) is 141 cm³/mol. The summed E-state index contributed by atoms with van der Waals surface area (Å²) in [7, 11) is -3.72. The van der Waals surface area contributed by atoms with Crippen molar-refractivity contribution >= 4 is 33.0 Å². The minimum absolute atomic E-state index is 0.0673. The highest BCUT2D eigenvalue weighted by Crippen LogP contribution is 2.42. The number of aliphatic hydroxyl groups excluding tert-OH is 2. The molecule has 9 nitrogen and oxygen atoms in total. The minimum atomic E-state index is -3.72. The van der Waals surface area contributed by atoms with Crippen molar-refractivity contribution in [1.82, 2.24) is 15.0 Å². The zero-order valence-electron chi connectivity index (χ0n) is 20.7. The first-order valence-corrected chi connectivity index (χ1v) is 14.1. The lowest BCUT2D eigenvalue weighted by atomic mass is 9.94. The maximum absolute atomic E-state index is 15.7. The quantitative estimate of drug-likeness (QED) is 0.273. The molecule has 2 heterocycles. The third-order valence-corrected chi connectivity index (χ3v) is 8.25. The molecule has 0 aliphatic heterocycles. The third kappa shape index (κ3) is 6.36. The summed E-state index contributed by atoms with van der Waals surface area (Å²) in [4.78, 5) is 13.9. The monoisotopic (exact) mass is 537 g/mol. The van der Waals surface area contributed by atoms with E-state index in [1.807, 2.05) is 0 Å². The second kappa shape index (κ2) is 11.6. The van der Waals surface area contributed by atoms with Gasteiger partial charge in [-0.15, -0.1) is 11.3 Å². The molecule has 0 amide bonds. The van der Waals surface area contributed by atoms with Crippen molar-refractivity contribution in [3.05, 3.63) is 41.3 Å². The summed E-state index contributed by atoms with van der Waals surface area (Å²) in [6.07, 6.45) is 1.97. The van der Waals surface area contributed by atoms with Crippen LogP contribution in [0.5, 0.6) is 0 Å². The van der Waals surface area contributed by atoms with Crippen molar-refractivity contribution < 1.29 is 23.0 Å². The highest BCUT2D eigenvalue weighted by molar-refractivity contribution is 7.92. The molecular formula is C24H32FN5O4S2. The molecule has 0 bridgehead atoms. The number of aromatic nitrogens is 3. The van der Waals surface area contributed by atoms with Crippen LogP contribution in [0.1, 0.15) is 39.1 Å². The van der Waals surface area contributed by atoms with Crippen LogP contribution in [-0.2, 0) is 15.4 Å². The van der Waals surface area contributed by atoms with Gasteiger partial charge in [0.05, 0.1) is 46.3 Å². The van der Waals surface area contributed by atoms with Gasteiger partial charge in [0.2, 0.25) is 16.0 Å². The first-order chi connectivity index (χ1) is 17.0. The maximum Gasteiger partial charge on any atom is 0.232 e. The van der Waals surface area contributed by atoms with Crippen molar-refractivity contribution in [2.75, 3.05) is 35.6 Å². The Balaban J connectivity index is 2.17. The molecule has 4 N–H and O–H groups in total. The molecule has 2 aromatic heterocycles. The number of rotatable bonds is 12. The second-order valence-electron chi connectivity index (χ2n) is 9.20. The summed E-state index contributed by atoms with van der Waals surface area (Å²) in [5, 5.41) is 23.4. The smallest absolute Gasteiger partial charge is 0.232 e. The van der Waals surface area contributed by atoms with E-state index in [1.165, 1.54) is 29.5 Å². The van der Waals surface area contributed by atoms with Crippen LogP contribution in [0, 0.1) is 11.7 Å². The molecular weight excluding hydrogens is 505 g/mol. The number of nitrogens with one attached hydrogen (secondary N) is 2. The molecule has 0 saturated carbocycles. The number of nitrogens with zero attached hydrogens (tertiary/aromatic N) is 3. The van der Waals surface area contributed by atoms with E-state index in [0.717, 1.165) is 0 Å². The molecule has 3 rings (SSSR count). The standard InChI is InChI=1S/C24H32FN5O4S2/c1-5-11-36(33,34)30-17-8-6-7-16(19(17)25)20-21(35-22(29-20)24(4,13-31)14-32)18-9-10-26-23(28-18)27-12-15(2)3/h6-10,15,30-32H,5,11-14H2,1-4H3,(H,26,27,28). The molecule has 0 saturated heterocycles. The maximum atomic E-state index is 15.7. The summed E-state index contributed by atoms with van der Waals surface area (Å²) in [5.74, 6) is -0.153. The van der Waals surface area contributed by atoms with Crippen LogP contribution >= 0.6 is 11.3 Å². The molecule has 3 aromatic rings. The van der Waals surface area contributed by atoms with Gasteiger partial charge in [-0.1, -0.05) is 26.8 Å². The molecule has 1 aromatic carbocycles. The van der Waals surface area contributed by atoms with Crippen LogP contribution in [-0.4, -0.2) is 59.1 Å². The first kappa shape index (κ1) is 27.9. The van der Waals surface area contributed by atoms with Gasteiger partial charge in [0.1, 0.15) is 5.01 Å². The Kier molecular flexibility index (Phi) is 8.98. The molecule has 36 heavy (non-hydrogen) atoms. The Bertz CT molecular complexity index is 1290. The van der Waals surface area contributed by atoms with Gasteiger partial charge in [-0.25, -0.2) is 27.8 Å². The molecule has 12 heteroatoms. The van der Waals surface area contributed by atoms with Gasteiger partial charge in [-0.3, -0.25) is 4.72 Å². The number of hydrogen-bond donors (Lipinski definition) is 4. The van der Waals surface area contributed by atoms with E-state index in [-0.39, 0.29) is 35.9 Å². The van der Waals surface area contributed by atoms with Gasteiger partial charge in [0.15, 0.2) is 5.82 Å². The van der Waals surface area contributed by atoms with E-state index < -0.39 is 21.3 Å². The summed E-state index contributed by atoms with van der Waals surface area (Å²) < 4.78 is 42.5. The van der Waals surface area contributed by atoms with Gasteiger partial charge < -0.3 is 15.5 Å². The molecule has 0 unspecified atom stereocenters. The first-order valence-electron chi connectivity index (χ1n) is 11.6. The summed E-state index contributed by atoms with van der Waals surface area (Å²) in [5.41, 5.74) is -0.483. The molecule has 0 aliphatic rings. The zero-order chi connectivity index (χ0) is 26.5. The Hall–Kier alpha value is -2.67. The highest BCUT2D eigenvalue weighted by Gasteiger charge is 2.32. The number of halogens is 1. The van der Waals surface area contributed by atoms with E-state index in [0.29, 0.717) is 40.4 Å². The van der Waals surface area contributed by atoms with Crippen molar-refractivity contribution in [2.24, 2.45) is 5.92 Å². The Morgan fingerprint density at radius 2 is 1.89 bits per heavy atom. The summed E-state index contributed by atoms with van der Waals surface area (Å²) in [6, 6.07) is 6.06. The lowest BCUT2D eigenvalue weighted by Gasteiger charge is -2.21. The fourth-order valence-corrected chi connectivity index (χ4v) is 5.57. The number of hydrogen-bond acceptors (Lipinski definition) is 9. The predicted octanol–water partition coefficient (Wildman–Crippen LogP) is 3.87. The molecule has 196 valence electrons. The molecule has 0 aliphatic carbocycles.